The summed E-state index contributed by atoms with van der Waals surface area (Å²) in [6.45, 7) is 12.4. The van der Waals surface area contributed by atoms with Gasteiger partial charge in [0.2, 0.25) is 0 Å². The van der Waals surface area contributed by atoms with Crippen LogP contribution in [0.15, 0.2) is 24.3 Å². The summed E-state index contributed by atoms with van der Waals surface area (Å²) < 4.78 is 0. The van der Waals surface area contributed by atoms with E-state index in [4.69, 9.17) is 0 Å². The first kappa shape index (κ1) is 17.2. The quantitative estimate of drug-likeness (QED) is 0.733. The zero-order valence-electron chi connectivity index (χ0n) is 13.9. The summed E-state index contributed by atoms with van der Waals surface area (Å²) >= 11 is 0. The maximum Gasteiger partial charge on any atom is 0.0451 e. The van der Waals surface area contributed by atoms with E-state index in [1.54, 1.807) is 0 Å². The largest absolute Gasteiger partial charge is 0.309 e. The van der Waals surface area contributed by atoms with Gasteiger partial charge in [0, 0.05) is 19.1 Å². The van der Waals surface area contributed by atoms with Crippen molar-refractivity contribution in [3.63, 3.8) is 0 Å². The molecule has 0 heterocycles. The molecule has 1 aromatic carbocycles. The third-order valence-electron chi connectivity index (χ3n) is 4.02. The second-order valence-corrected chi connectivity index (χ2v) is 6.10. The van der Waals surface area contributed by atoms with Gasteiger partial charge >= 0.3 is 0 Å². The Morgan fingerprint density at radius 2 is 1.85 bits per heavy atom. The van der Waals surface area contributed by atoms with Gasteiger partial charge in [0.25, 0.3) is 0 Å². The molecule has 1 N–H and O–H groups in total. The summed E-state index contributed by atoms with van der Waals surface area (Å²) in [6, 6.07) is 9.19. The van der Waals surface area contributed by atoms with E-state index < -0.39 is 0 Å². The lowest BCUT2D eigenvalue weighted by Gasteiger charge is -2.28. The Morgan fingerprint density at radius 3 is 2.45 bits per heavy atom. The SMILES string of the molecule is CCCNC(CN(C)CC(C)CC)c1ccccc1C. The molecule has 0 aliphatic carbocycles. The van der Waals surface area contributed by atoms with Gasteiger partial charge in [-0.25, -0.2) is 0 Å². The van der Waals surface area contributed by atoms with Crippen LogP contribution >= 0.6 is 0 Å². The van der Waals surface area contributed by atoms with E-state index in [0.717, 1.165) is 19.0 Å². The molecule has 0 aliphatic heterocycles. The molecule has 2 nitrogen and oxygen atoms in total. The topological polar surface area (TPSA) is 15.3 Å². The third kappa shape index (κ3) is 5.64. The van der Waals surface area contributed by atoms with E-state index in [9.17, 15) is 0 Å². The highest BCUT2D eigenvalue weighted by Gasteiger charge is 2.16. The van der Waals surface area contributed by atoms with Crippen LogP contribution in [0.1, 0.15) is 50.8 Å². The summed E-state index contributed by atoms with van der Waals surface area (Å²) in [5.74, 6) is 0.767. The van der Waals surface area contributed by atoms with E-state index in [0.29, 0.717) is 6.04 Å². The lowest BCUT2D eigenvalue weighted by Crippen LogP contribution is -2.35. The Morgan fingerprint density at radius 1 is 1.15 bits per heavy atom. The second kappa shape index (κ2) is 9.15. The van der Waals surface area contributed by atoms with Gasteiger partial charge in [-0.15, -0.1) is 0 Å². The van der Waals surface area contributed by atoms with Crippen molar-refractivity contribution < 1.29 is 0 Å². The molecular weight excluding hydrogens is 244 g/mol. The molecule has 2 unspecified atom stereocenters. The first-order chi connectivity index (χ1) is 9.58. The van der Waals surface area contributed by atoms with Crippen molar-refractivity contribution >= 4 is 0 Å². The van der Waals surface area contributed by atoms with Crippen LogP contribution in [0.5, 0.6) is 0 Å². The molecule has 2 atom stereocenters. The highest BCUT2D eigenvalue weighted by molar-refractivity contribution is 5.29. The van der Waals surface area contributed by atoms with Gasteiger partial charge in [-0.1, -0.05) is 51.5 Å². The lowest BCUT2D eigenvalue weighted by atomic mass is 10.00. The van der Waals surface area contributed by atoms with E-state index in [2.05, 4.69) is 69.2 Å². The summed E-state index contributed by atoms with van der Waals surface area (Å²) in [5.41, 5.74) is 2.83. The first-order valence-electron chi connectivity index (χ1n) is 8.05. The third-order valence-corrected chi connectivity index (χ3v) is 4.02. The van der Waals surface area contributed by atoms with Crippen LogP contribution in [0, 0.1) is 12.8 Å². The van der Waals surface area contributed by atoms with Gasteiger partial charge in [0.1, 0.15) is 0 Å². The Bertz CT molecular complexity index is 375. The maximum absolute atomic E-state index is 3.71. The minimum absolute atomic E-state index is 0.435. The average Bonchev–Trinajstić information content (AvgIpc) is 2.44. The Kier molecular flexibility index (Phi) is 7.86. The van der Waals surface area contributed by atoms with Crippen LogP contribution in [0.4, 0.5) is 0 Å². The van der Waals surface area contributed by atoms with Gasteiger partial charge in [0.15, 0.2) is 0 Å². The van der Waals surface area contributed by atoms with Gasteiger partial charge < -0.3 is 10.2 Å². The van der Waals surface area contributed by atoms with E-state index in [1.807, 2.05) is 0 Å². The highest BCUT2D eigenvalue weighted by Crippen LogP contribution is 2.19. The normalized spacial score (nSPS) is 14.5. The summed E-state index contributed by atoms with van der Waals surface area (Å²) in [5, 5.41) is 3.71. The number of nitrogens with one attached hydrogen (secondary N) is 1. The fourth-order valence-corrected chi connectivity index (χ4v) is 2.62. The van der Waals surface area contributed by atoms with Crippen LogP contribution in [-0.4, -0.2) is 31.6 Å². The number of benzene rings is 1. The van der Waals surface area contributed by atoms with Crippen molar-refractivity contribution in [3.05, 3.63) is 35.4 Å². The molecule has 20 heavy (non-hydrogen) atoms. The van der Waals surface area contributed by atoms with Gasteiger partial charge in [-0.05, 0) is 44.0 Å². The molecule has 0 saturated heterocycles. The molecule has 0 aromatic heterocycles. The van der Waals surface area contributed by atoms with E-state index in [-0.39, 0.29) is 0 Å². The fourth-order valence-electron chi connectivity index (χ4n) is 2.62. The van der Waals surface area contributed by atoms with Crippen LogP contribution in [-0.2, 0) is 0 Å². The smallest absolute Gasteiger partial charge is 0.0451 e. The predicted molar refractivity (Wildman–Crippen MR) is 89.2 cm³/mol. The van der Waals surface area contributed by atoms with Crippen LogP contribution in [0.3, 0.4) is 0 Å². The molecule has 114 valence electrons. The molecule has 0 aliphatic rings. The maximum atomic E-state index is 3.71. The standard InChI is InChI=1S/C18H32N2/c1-6-12-19-18(14-20(5)13-15(3)7-2)17-11-9-8-10-16(17)4/h8-11,15,18-19H,6-7,12-14H2,1-5H3. The number of hydrogen-bond acceptors (Lipinski definition) is 2. The Labute approximate surface area is 125 Å². The van der Waals surface area contributed by atoms with Crippen molar-refractivity contribution in [2.75, 3.05) is 26.7 Å². The number of aryl methyl sites for hydroxylation is 1. The minimum Gasteiger partial charge on any atom is -0.309 e. The van der Waals surface area contributed by atoms with Crippen molar-refractivity contribution in [1.29, 1.82) is 0 Å². The number of nitrogens with zero attached hydrogens (tertiary/aromatic N) is 1. The van der Waals surface area contributed by atoms with Crippen molar-refractivity contribution in [2.24, 2.45) is 5.92 Å². The average molecular weight is 276 g/mol. The van der Waals surface area contributed by atoms with Crippen LogP contribution < -0.4 is 5.32 Å². The van der Waals surface area contributed by atoms with Gasteiger partial charge in [-0.3, -0.25) is 0 Å². The first-order valence-corrected chi connectivity index (χ1v) is 8.05. The predicted octanol–water partition coefficient (Wildman–Crippen LogP) is 4.01. The van der Waals surface area contributed by atoms with Gasteiger partial charge in [-0.2, -0.15) is 0 Å². The van der Waals surface area contributed by atoms with Crippen LogP contribution in [0.25, 0.3) is 0 Å². The Hall–Kier alpha value is -0.860. The Balaban J connectivity index is 2.72. The van der Waals surface area contributed by atoms with Crippen molar-refractivity contribution in [1.82, 2.24) is 10.2 Å². The molecule has 0 bridgehead atoms. The number of likely N-dealkylation sites (N-methyl/N-ethyl adjacent to an activating group) is 1. The zero-order chi connectivity index (χ0) is 15.0. The lowest BCUT2D eigenvalue weighted by molar-refractivity contribution is 0.252. The summed E-state index contributed by atoms with van der Waals surface area (Å²) in [6.07, 6.45) is 2.43. The van der Waals surface area contributed by atoms with E-state index in [1.165, 1.54) is 30.5 Å². The molecule has 1 aromatic rings. The highest BCUT2D eigenvalue weighted by atomic mass is 15.1. The molecule has 1 rings (SSSR count). The summed E-state index contributed by atoms with van der Waals surface area (Å²) in [7, 11) is 2.24. The second-order valence-electron chi connectivity index (χ2n) is 6.10. The molecule has 0 spiro atoms. The minimum atomic E-state index is 0.435. The summed E-state index contributed by atoms with van der Waals surface area (Å²) in [4.78, 5) is 2.47. The number of rotatable bonds is 9. The molecule has 0 radical (unpaired) electrons. The van der Waals surface area contributed by atoms with E-state index >= 15 is 0 Å². The van der Waals surface area contributed by atoms with Crippen LogP contribution in [0.2, 0.25) is 0 Å². The monoisotopic (exact) mass is 276 g/mol. The molecule has 0 saturated carbocycles. The van der Waals surface area contributed by atoms with Gasteiger partial charge in [0.05, 0.1) is 0 Å². The molecular formula is C18H32N2. The van der Waals surface area contributed by atoms with Crippen molar-refractivity contribution in [2.45, 2.75) is 46.6 Å². The number of hydrogen-bond donors (Lipinski definition) is 1. The molecule has 0 fully saturated rings. The fraction of sp³-hybridized carbons (Fsp3) is 0.667. The van der Waals surface area contributed by atoms with Crippen molar-refractivity contribution in [3.8, 4) is 0 Å². The molecule has 0 amide bonds. The zero-order valence-corrected chi connectivity index (χ0v) is 13.9. The molecule has 2 heteroatoms.